The first kappa shape index (κ1) is 21.7. The number of ether oxygens (including phenoxy) is 2. The van der Waals surface area contributed by atoms with Gasteiger partial charge < -0.3 is 14.6 Å². The minimum Gasteiger partial charge on any atom is -0.482 e. The molecular weight excluding hydrogens is 410 g/mol. The number of aliphatic carboxylic acids is 1. The molecule has 10 heteroatoms. The fourth-order valence-electron chi connectivity index (χ4n) is 2.23. The molecule has 0 saturated heterocycles. The Bertz CT molecular complexity index is 927. The normalized spacial score (nSPS) is 12.2. The number of nitrogens with one attached hydrogen (secondary N) is 1. The summed E-state index contributed by atoms with van der Waals surface area (Å²) in [6.45, 7) is 0.526. The lowest BCUT2D eigenvalue weighted by molar-refractivity contribution is -0.146. The summed E-state index contributed by atoms with van der Waals surface area (Å²) >= 11 is 5.76. The number of carbonyl (C=O) groups excluding carboxylic acids is 1. The van der Waals surface area contributed by atoms with Crippen molar-refractivity contribution in [1.82, 2.24) is 4.72 Å². The molecule has 0 fully saturated rings. The van der Waals surface area contributed by atoms with Gasteiger partial charge in [-0.05, 0) is 42.0 Å². The third-order valence-electron chi connectivity index (χ3n) is 3.51. The molecule has 0 saturated carbocycles. The summed E-state index contributed by atoms with van der Waals surface area (Å²) in [5.74, 6) is -1.38. The van der Waals surface area contributed by atoms with Gasteiger partial charge in [0.15, 0.2) is 6.61 Å². The summed E-state index contributed by atoms with van der Waals surface area (Å²) in [5, 5.41) is 9.02. The lowest BCUT2D eigenvalue weighted by Gasteiger charge is -2.18. The van der Waals surface area contributed by atoms with Crippen molar-refractivity contribution in [2.24, 2.45) is 0 Å². The molecule has 0 aliphatic heterocycles. The second-order valence-electron chi connectivity index (χ2n) is 5.66. The molecule has 150 valence electrons. The standard InChI is InChI=1S/C18H18ClNO7S/c1-12(21)27-17(13-2-6-15(7-3-13)26-11-18(22)23)10-20-28(24,25)16-8-4-14(19)5-9-16/h2-9,17,20H,10-11H2,1H3,(H,22,23). The van der Waals surface area contributed by atoms with E-state index in [0.29, 0.717) is 16.3 Å². The van der Waals surface area contributed by atoms with Gasteiger partial charge in [-0.15, -0.1) is 0 Å². The van der Waals surface area contributed by atoms with Crippen LogP contribution in [0.15, 0.2) is 53.4 Å². The van der Waals surface area contributed by atoms with Crippen molar-refractivity contribution in [3.8, 4) is 5.75 Å². The number of hydrogen-bond acceptors (Lipinski definition) is 6. The Balaban J connectivity index is 2.11. The van der Waals surface area contributed by atoms with Crippen LogP contribution in [0.3, 0.4) is 0 Å². The molecule has 2 N–H and O–H groups in total. The SMILES string of the molecule is CC(=O)OC(CNS(=O)(=O)c1ccc(Cl)cc1)c1ccc(OCC(=O)O)cc1. The van der Waals surface area contributed by atoms with Gasteiger partial charge in [0, 0.05) is 11.9 Å². The van der Waals surface area contributed by atoms with Gasteiger partial charge >= 0.3 is 11.9 Å². The minimum absolute atomic E-state index is 0.0240. The summed E-state index contributed by atoms with van der Waals surface area (Å²) in [6, 6.07) is 11.7. The first-order chi connectivity index (χ1) is 13.2. The summed E-state index contributed by atoms with van der Waals surface area (Å²) in [4.78, 5) is 22.0. The van der Waals surface area contributed by atoms with Gasteiger partial charge in [0.1, 0.15) is 11.9 Å². The highest BCUT2D eigenvalue weighted by atomic mass is 35.5. The average molecular weight is 428 g/mol. The van der Waals surface area contributed by atoms with Gasteiger partial charge in [0.25, 0.3) is 0 Å². The van der Waals surface area contributed by atoms with E-state index in [1.165, 1.54) is 43.3 Å². The van der Waals surface area contributed by atoms with Crippen LogP contribution in [0.4, 0.5) is 0 Å². The molecule has 0 heterocycles. The third-order valence-corrected chi connectivity index (χ3v) is 5.20. The number of carbonyl (C=O) groups is 2. The number of esters is 1. The third kappa shape index (κ3) is 6.52. The fourth-order valence-corrected chi connectivity index (χ4v) is 3.39. The molecule has 2 aromatic carbocycles. The van der Waals surface area contributed by atoms with Crippen LogP contribution < -0.4 is 9.46 Å². The molecule has 0 radical (unpaired) electrons. The number of carboxylic acids is 1. The minimum atomic E-state index is -3.83. The molecule has 0 aromatic heterocycles. The van der Waals surface area contributed by atoms with Crippen LogP contribution in [0, 0.1) is 0 Å². The van der Waals surface area contributed by atoms with Crippen molar-refractivity contribution in [1.29, 1.82) is 0 Å². The highest BCUT2D eigenvalue weighted by molar-refractivity contribution is 7.89. The Morgan fingerprint density at radius 3 is 2.25 bits per heavy atom. The molecular formula is C18H18ClNO7S. The number of sulfonamides is 1. The van der Waals surface area contributed by atoms with Crippen LogP contribution >= 0.6 is 11.6 Å². The number of rotatable bonds is 9. The second-order valence-corrected chi connectivity index (χ2v) is 7.86. The Morgan fingerprint density at radius 1 is 1.11 bits per heavy atom. The van der Waals surface area contributed by atoms with Crippen LogP contribution in [-0.2, 0) is 24.3 Å². The number of benzene rings is 2. The zero-order valence-electron chi connectivity index (χ0n) is 14.8. The molecule has 1 unspecified atom stereocenters. The van der Waals surface area contributed by atoms with Crippen LogP contribution in [0.2, 0.25) is 5.02 Å². The van der Waals surface area contributed by atoms with Crippen LogP contribution in [0.25, 0.3) is 0 Å². The maximum absolute atomic E-state index is 12.4. The van der Waals surface area contributed by atoms with E-state index in [-0.39, 0.29) is 11.4 Å². The van der Waals surface area contributed by atoms with Gasteiger partial charge in [-0.1, -0.05) is 23.7 Å². The summed E-state index contributed by atoms with van der Waals surface area (Å²) in [7, 11) is -3.83. The van der Waals surface area contributed by atoms with E-state index in [2.05, 4.69) is 4.72 Å². The van der Waals surface area contributed by atoms with Crippen molar-refractivity contribution in [2.45, 2.75) is 17.9 Å². The molecule has 2 rings (SSSR count). The maximum Gasteiger partial charge on any atom is 0.341 e. The van der Waals surface area contributed by atoms with E-state index >= 15 is 0 Å². The van der Waals surface area contributed by atoms with Crippen molar-refractivity contribution >= 4 is 33.6 Å². The predicted molar refractivity (Wildman–Crippen MR) is 101 cm³/mol. The Labute approximate surface area is 167 Å². The summed E-state index contributed by atoms with van der Waals surface area (Å²) < 4.78 is 37.4. The Kier molecular flexibility index (Phi) is 7.38. The van der Waals surface area contributed by atoms with E-state index in [4.69, 9.17) is 26.2 Å². The summed E-state index contributed by atoms with van der Waals surface area (Å²) in [6.07, 6.45) is -0.881. The molecule has 1 atom stereocenters. The number of halogens is 1. The van der Waals surface area contributed by atoms with Crippen molar-refractivity contribution in [2.75, 3.05) is 13.2 Å². The quantitative estimate of drug-likeness (QED) is 0.589. The average Bonchev–Trinajstić information content (AvgIpc) is 2.64. The zero-order chi connectivity index (χ0) is 20.7. The van der Waals surface area contributed by atoms with E-state index < -0.39 is 34.7 Å². The molecule has 8 nitrogen and oxygen atoms in total. The molecule has 28 heavy (non-hydrogen) atoms. The van der Waals surface area contributed by atoms with Gasteiger partial charge in [0.05, 0.1) is 11.4 Å². The van der Waals surface area contributed by atoms with Crippen LogP contribution in [0.1, 0.15) is 18.6 Å². The van der Waals surface area contributed by atoms with E-state index in [0.717, 1.165) is 0 Å². The Hall–Kier alpha value is -2.62. The van der Waals surface area contributed by atoms with Crippen molar-refractivity contribution in [3.63, 3.8) is 0 Å². The zero-order valence-corrected chi connectivity index (χ0v) is 16.4. The van der Waals surface area contributed by atoms with Gasteiger partial charge in [0.2, 0.25) is 10.0 Å². The molecule has 0 amide bonds. The molecule has 0 bridgehead atoms. The van der Waals surface area contributed by atoms with E-state index in [1.807, 2.05) is 0 Å². The van der Waals surface area contributed by atoms with Gasteiger partial charge in [-0.3, -0.25) is 4.79 Å². The molecule has 0 spiro atoms. The van der Waals surface area contributed by atoms with Crippen LogP contribution in [0.5, 0.6) is 5.75 Å². The number of hydrogen-bond donors (Lipinski definition) is 2. The first-order valence-electron chi connectivity index (χ1n) is 8.04. The predicted octanol–water partition coefficient (Wildman–Crippen LogP) is 2.39. The first-order valence-corrected chi connectivity index (χ1v) is 9.90. The van der Waals surface area contributed by atoms with Gasteiger partial charge in [-0.2, -0.15) is 0 Å². The topological polar surface area (TPSA) is 119 Å². The van der Waals surface area contributed by atoms with Gasteiger partial charge in [-0.25, -0.2) is 17.9 Å². The monoisotopic (exact) mass is 427 g/mol. The number of carboxylic acid groups (broad SMARTS) is 1. The lowest BCUT2D eigenvalue weighted by atomic mass is 10.1. The van der Waals surface area contributed by atoms with Crippen LogP contribution in [-0.4, -0.2) is 38.6 Å². The van der Waals surface area contributed by atoms with E-state index in [1.54, 1.807) is 12.1 Å². The van der Waals surface area contributed by atoms with Crippen molar-refractivity contribution in [3.05, 3.63) is 59.1 Å². The molecule has 2 aromatic rings. The van der Waals surface area contributed by atoms with Crippen molar-refractivity contribution < 1.29 is 32.6 Å². The largest absolute Gasteiger partial charge is 0.482 e. The summed E-state index contributed by atoms with van der Waals surface area (Å²) in [5.41, 5.74) is 0.511. The van der Waals surface area contributed by atoms with E-state index in [9.17, 15) is 18.0 Å². The maximum atomic E-state index is 12.4. The lowest BCUT2D eigenvalue weighted by Crippen LogP contribution is -2.30. The molecule has 0 aliphatic carbocycles. The second kappa shape index (κ2) is 9.54. The smallest absolute Gasteiger partial charge is 0.341 e. The highest BCUT2D eigenvalue weighted by Crippen LogP contribution is 2.22. The Morgan fingerprint density at radius 2 is 1.71 bits per heavy atom. The highest BCUT2D eigenvalue weighted by Gasteiger charge is 2.20. The molecule has 0 aliphatic rings. The fraction of sp³-hybridized carbons (Fsp3) is 0.222.